The molecule has 0 aliphatic carbocycles. The van der Waals surface area contributed by atoms with Crippen LogP contribution in [-0.4, -0.2) is 21.2 Å². The van der Waals surface area contributed by atoms with Gasteiger partial charge in [-0.15, -0.1) is 0 Å². The molecule has 0 aliphatic rings. The predicted octanol–water partition coefficient (Wildman–Crippen LogP) is 1.33. The van der Waals surface area contributed by atoms with Gasteiger partial charge in [-0.3, -0.25) is 4.68 Å². The van der Waals surface area contributed by atoms with Crippen molar-refractivity contribution in [2.75, 3.05) is 0 Å². The molecule has 1 rings (SSSR count). The van der Waals surface area contributed by atoms with Crippen LogP contribution < -0.4 is 0 Å². The van der Waals surface area contributed by atoms with Crippen LogP contribution in [0.3, 0.4) is 0 Å². The molecular formula is C8H13N3O. The summed E-state index contributed by atoms with van der Waals surface area (Å²) in [4.78, 5) is 0. The summed E-state index contributed by atoms with van der Waals surface area (Å²) in [6.45, 7) is 6.72. The molecule has 0 saturated heterocycles. The molecule has 66 valence electrons. The molecule has 0 amide bonds. The zero-order valence-corrected chi connectivity index (χ0v) is 7.57. The molecule has 4 heteroatoms. The summed E-state index contributed by atoms with van der Waals surface area (Å²) in [6, 6.07) is 0. The summed E-state index contributed by atoms with van der Waals surface area (Å²) in [5.74, 6) is 0. The summed E-state index contributed by atoms with van der Waals surface area (Å²) in [5, 5.41) is 15.6. The van der Waals surface area contributed by atoms with Crippen molar-refractivity contribution in [1.82, 2.24) is 9.78 Å². The highest BCUT2D eigenvalue weighted by Crippen LogP contribution is 2.09. The lowest BCUT2D eigenvalue weighted by Crippen LogP contribution is -1.99. The highest BCUT2D eigenvalue weighted by Gasteiger charge is 2.07. The van der Waals surface area contributed by atoms with Crippen LogP contribution in [0.5, 0.6) is 0 Å². The van der Waals surface area contributed by atoms with Crippen molar-refractivity contribution in [1.29, 1.82) is 0 Å². The summed E-state index contributed by atoms with van der Waals surface area (Å²) >= 11 is 0. The molecule has 0 unspecified atom stereocenters. The Balaban J connectivity index is 3.18. The lowest BCUT2D eigenvalue weighted by Gasteiger charge is -1.97. The molecule has 0 bridgehead atoms. The summed E-state index contributed by atoms with van der Waals surface area (Å²) in [7, 11) is 0. The van der Waals surface area contributed by atoms with Crippen LogP contribution in [0.1, 0.15) is 23.9 Å². The Bertz CT molecular complexity index is 301. The number of oxime groups is 1. The van der Waals surface area contributed by atoms with Crippen LogP contribution in [0.15, 0.2) is 5.16 Å². The monoisotopic (exact) mass is 167 g/mol. The van der Waals surface area contributed by atoms with Crippen molar-refractivity contribution in [3.63, 3.8) is 0 Å². The molecule has 0 atom stereocenters. The minimum atomic E-state index is 0.839. The van der Waals surface area contributed by atoms with Gasteiger partial charge in [0, 0.05) is 17.8 Å². The van der Waals surface area contributed by atoms with E-state index in [-0.39, 0.29) is 0 Å². The van der Waals surface area contributed by atoms with Crippen molar-refractivity contribution in [3.05, 3.63) is 17.0 Å². The van der Waals surface area contributed by atoms with Crippen LogP contribution in [0.25, 0.3) is 0 Å². The molecule has 12 heavy (non-hydrogen) atoms. The molecular weight excluding hydrogens is 154 g/mol. The van der Waals surface area contributed by atoms with Gasteiger partial charge in [0.25, 0.3) is 0 Å². The first-order valence-electron chi connectivity index (χ1n) is 3.92. The van der Waals surface area contributed by atoms with Gasteiger partial charge in [-0.2, -0.15) is 5.10 Å². The molecule has 4 nitrogen and oxygen atoms in total. The smallest absolute Gasteiger partial charge is 0.0770 e. The summed E-state index contributed by atoms with van der Waals surface area (Å²) < 4.78 is 1.88. The average molecular weight is 167 g/mol. The predicted molar refractivity (Wildman–Crippen MR) is 46.8 cm³/mol. The molecule has 0 aromatic carbocycles. The first-order valence-corrected chi connectivity index (χ1v) is 3.92. The zero-order chi connectivity index (χ0) is 9.14. The first-order chi connectivity index (χ1) is 5.70. The maximum atomic E-state index is 8.38. The topological polar surface area (TPSA) is 50.4 Å². The van der Waals surface area contributed by atoms with Gasteiger partial charge in [0.15, 0.2) is 0 Å². The van der Waals surface area contributed by atoms with Crippen LogP contribution in [0.2, 0.25) is 0 Å². The Morgan fingerprint density at radius 1 is 1.58 bits per heavy atom. The summed E-state index contributed by atoms with van der Waals surface area (Å²) in [6.07, 6.45) is 1.42. The van der Waals surface area contributed by atoms with E-state index in [1.165, 1.54) is 6.21 Å². The van der Waals surface area contributed by atoms with Crippen LogP contribution in [0.4, 0.5) is 0 Å². The minimum Gasteiger partial charge on any atom is -0.411 e. The molecule has 1 N–H and O–H groups in total. The molecule has 1 aromatic heterocycles. The van der Waals surface area contributed by atoms with E-state index >= 15 is 0 Å². The lowest BCUT2D eigenvalue weighted by molar-refractivity contribution is 0.322. The standard InChI is InChI=1S/C8H13N3O/c1-4-11-7(3)8(5-9-12)6(2)10-11/h5,12H,4H2,1-3H3/b9-5+. The highest BCUT2D eigenvalue weighted by molar-refractivity contribution is 5.82. The Kier molecular flexibility index (Phi) is 2.47. The third-order valence-electron chi connectivity index (χ3n) is 1.92. The van der Waals surface area contributed by atoms with E-state index in [2.05, 4.69) is 10.3 Å². The van der Waals surface area contributed by atoms with Gasteiger partial charge in [-0.05, 0) is 20.8 Å². The molecule has 0 radical (unpaired) electrons. The number of aromatic nitrogens is 2. The average Bonchev–Trinajstić information content (AvgIpc) is 2.32. The maximum Gasteiger partial charge on any atom is 0.0770 e. The fraction of sp³-hybridized carbons (Fsp3) is 0.500. The second-order valence-electron chi connectivity index (χ2n) is 2.64. The quantitative estimate of drug-likeness (QED) is 0.410. The molecule has 0 spiro atoms. The molecule has 0 aliphatic heterocycles. The number of hydrogen-bond acceptors (Lipinski definition) is 3. The Morgan fingerprint density at radius 2 is 2.25 bits per heavy atom. The fourth-order valence-electron chi connectivity index (χ4n) is 1.26. The second kappa shape index (κ2) is 3.38. The van der Waals surface area contributed by atoms with Crippen LogP contribution in [-0.2, 0) is 6.54 Å². The van der Waals surface area contributed by atoms with E-state index < -0.39 is 0 Å². The van der Waals surface area contributed by atoms with Gasteiger partial charge in [-0.1, -0.05) is 5.16 Å². The Labute approximate surface area is 71.5 Å². The molecule has 1 aromatic rings. The zero-order valence-electron chi connectivity index (χ0n) is 7.57. The van der Waals surface area contributed by atoms with E-state index in [1.54, 1.807) is 0 Å². The minimum absolute atomic E-state index is 0.839. The van der Waals surface area contributed by atoms with Gasteiger partial charge < -0.3 is 5.21 Å². The van der Waals surface area contributed by atoms with E-state index in [4.69, 9.17) is 5.21 Å². The van der Waals surface area contributed by atoms with Gasteiger partial charge in [0.05, 0.1) is 11.9 Å². The van der Waals surface area contributed by atoms with E-state index in [9.17, 15) is 0 Å². The van der Waals surface area contributed by atoms with E-state index in [1.807, 2.05) is 25.5 Å². The van der Waals surface area contributed by atoms with E-state index in [0.717, 1.165) is 23.5 Å². The Hall–Kier alpha value is -1.32. The fourth-order valence-corrected chi connectivity index (χ4v) is 1.26. The molecule has 1 heterocycles. The van der Waals surface area contributed by atoms with Gasteiger partial charge >= 0.3 is 0 Å². The van der Waals surface area contributed by atoms with Gasteiger partial charge in [0.1, 0.15) is 0 Å². The highest BCUT2D eigenvalue weighted by atomic mass is 16.4. The van der Waals surface area contributed by atoms with Crippen molar-refractivity contribution in [2.45, 2.75) is 27.3 Å². The number of hydrogen-bond donors (Lipinski definition) is 1. The van der Waals surface area contributed by atoms with Crippen LogP contribution in [0, 0.1) is 13.8 Å². The number of aryl methyl sites for hydroxylation is 2. The van der Waals surface area contributed by atoms with Crippen molar-refractivity contribution in [3.8, 4) is 0 Å². The van der Waals surface area contributed by atoms with Gasteiger partial charge in [-0.25, -0.2) is 0 Å². The lowest BCUT2D eigenvalue weighted by atomic mass is 10.2. The number of nitrogens with zero attached hydrogens (tertiary/aromatic N) is 3. The SMILES string of the molecule is CCn1nc(C)c(/C=N/O)c1C. The number of rotatable bonds is 2. The van der Waals surface area contributed by atoms with Crippen LogP contribution >= 0.6 is 0 Å². The third-order valence-corrected chi connectivity index (χ3v) is 1.92. The molecule has 0 saturated carbocycles. The molecule has 0 fully saturated rings. The van der Waals surface area contributed by atoms with Crippen molar-refractivity contribution in [2.24, 2.45) is 5.16 Å². The van der Waals surface area contributed by atoms with Gasteiger partial charge in [0.2, 0.25) is 0 Å². The maximum absolute atomic E-state index is 8.38. The normalized spacial score (nSPS) is 11.2. The second-order valence-corrected chi connectivity index (χ2v) is 2.64. The summed E-state index contributed by atoms with van der Waals surface area (Å²) in [5.41, 5.74) is 2.83. The van der Waals surface area contributed by atoms with E-state index in [0.29, 0.717) is 0 Å². The third kappa shape index (κ3) is 1.32. The Morgan fingerprint density at radius 3 is 2.67 bits per heavy atom. The first kappa shape index (κ1) is 8.77. The van der Waals surface area contributed by atoms with Crippen molar-refractivity contribution >= 4 is 6.21 Å². The largest absolute Gasteiger partial charge is 0.411 e. The van der Waals surface area contributed by atoms with Crippen molar-refractivity contribution < 1.29 is 5.21 Å².